The molecule has 0 saturated carbocycles. The summed E-state index contributed by atoms with van der Waals surface area (Å²) in [6.07, 6.45) is 0. The summed E-state index contributed by atoms with van der Waals surface area (Å²) in [7, 11) is 1.59. The average molecular weight is 573 g/mol. The molecule has 0 aliphatic carbocycles. The summed E-state index contributed by atoms with van der Waals surface area (Å²) in [5.74, 6) is -0.926. The largest absolute Gasteiger partial charge is 0.476 e. The van der Waals surface area contributed by atoms with Crippen molar-refractivity contribution in [1.29, 1.82) is 0 Å². The lowest BCUT2D eigenvalue weighted by Gasteiger charge is -2.20. The van der Waals surface area contributed by atoms with Gasteiger partial charge in [-0.25, -0.2) is 29.1 Å². The zero-order valence-electron chi connectivity index (χ0n) is 23.0. The van der Waals surface area contributed by atoms with E-state index < -0.39 is 17.8 Å². The first-order chi connectivity index (χ1) is 19.4. The van der Waals surface area contributed by atoms with Crippen molar-refractivity contribution in [3.8, 4) is 22.6 Å². The molecular weight excluding hydrogens is 547 g/mol. The molecule has 0 saturated heterocycles. The van der Waals surface area contributed by atoms with Gasteiger partial charge in [-0.1, -0.05) is 23.7 Å². The number of hydrogen-bond donors (Lipinski definition) is 2. The monoisotopic (exact) mass is 572 g/mol. The van der Waals surface area contributed by atoms with Crippen LogP contribution in [0, 0.1) is 26.6 Å². The van der Waals surface area contributed by atoms with E-state index in [4.69, 9.17) is 16.6 Å². The number of nitrogens with one attached hydrogen (secondary N) is 1. The van der Waals surface area contributed by atoms with Crippen molar-refractivity contribution in [1.82, 2.24) is 24.5 Å². The van der Waals surface area contributed by atoms with Crippen LogP contribution in [0.1, 0.15) is 46.1 Å². The number of nitrogens with zero attached hydrogens (tertiary/aromatic N) is 5. The molecule has 0 unspecified atom stereocenters. The van der Waals surface area contributed by atoms with Crippen LogP contribution < -0.4 is 10.9 Å². The van der Waals surface area contributed by atoms with Crippen LogP contribution in [0.3, 0.4) is 0 Å². The Labute approximate surface area is 239 Å². The van der Waals surface area contributed by atoms with Crippen LogP contribution in [0.15, 0.2) is 53.3 Å². The highest BCUT2D eigenvalue weighted by atomic mass is 35.5. The minimum atomic E-state index is -1.23. The van der Waals surface area contributed by atoms with Gasteiger partial charge in [0, 0.05) is 29.4 Å². The number of aryl methyl sites for hydroxylation is 3. The van der Waals surface area contributed by atoms with Crippen LogP contribution in [-0.4, -0.2) is 35.6 Å². The molecule has 0 aliphatic heterocycles. The highest BCUT2D eigenvalue weighted by molar-refractivity contribution is 6.29. The molecule has 0 spiro atoms. The van der Waals surface area contributed by atoms with Gasteiger partial charge in [0.05, 0.1) is 28.3 Å². The van der Waals surface area contributed by atoms with Gasteiger partial charge in [0.2, 0.25) is 0 Å². The van der Waals surface area contributed by atoms with Gasteiger partial charge in [-0.15, -0.1) is 0 Å². The first-order valence-electron chi connectivity index (χ1n) is 12.7. The number of carboxylic acids is 1. The highest BCUT2D eigenvalue weighted by Crippen LogP contribution is 2.31. The van der Waals surface area contributed by atoms with Gasteiger partial charge in [0.1, 0.15) is 22.6 Å². The number of pyridine rings is 1. The van der Waals surface area contributed by atoms with E-state index in [0.717, 1.165) is 11.3 Å². The molecule has 0 bridgehead atoms. The number of aromatic carboxylic acids is 1. The Hall–Kier alpha value is -4.70. The normalized spacial score (nSPS) is 12.0. The summed E-state index contributed by atoms with van der Waals surface area (Å²) in [5.41, 5.74) is 3.56. The fourth-order valence-electron chi connectivity index (χ4n) is 4.88. The minimum Gasteiger partial charge on any atom is -0.476 e. The SMILES string of the molecule is Cc1cc([C@@H](C)Nc2ccc(Cl)nc2C(=O)O)c2nc(-c3ccc(-c4cc(C)nc(C)n4)c(F)c3)n(C)c(=O)c2c1. The van der Waals surface area contributed by atoms with E-state index in [9.17, 15) is 14.7 Å². The second-order valence-electron chi connectivity index (χ2n) is 9.89. The molecule has 9 nitrogen and oxygen atoms in total. The topological polar surface area (TPSA) is 123 Å². The summed E-state index contributed by atoms with van der Waals surface area (Å²) < 4.78 is 16.8. The van der Waals surface area contributed by atoms with Crippen molar-refractivity contribution < 1.29 is 14.3 Å². The fourth-order valence-corrected chi connectivity index (χ4v) is 5.03. The average Bonchev–Trinajstić information content (AvgIpc) is 2.90. The lowest BCUT2D eigenvalue weighted by molar-refractivity contribution is 0.0691. The van der Waals surface area contributed by atoms with Gasteiger partial charge < -0.3 is 10.4 Å². The Morgan fingerprint density at radius 1 is 1.02 bits per heavy atom. The number of carbonyl (C=O) groups is 1. The van der Waals surface area contributed by atoms with Crippen molar-refractivity contribution in [3.63, 3.8) is 0 Å². The van der Waals surface area contributed by atoms with Crippen LogP contribution in [0.5, 0.6) is 0 Å². The Bertz CT molecular complexity index is 1900. The highest BCUT2D eigenvalue weighted by Gasteiger charge is 2.21. The molecule has 5 aromatic rings. The second kappa shape index (κ2) is 10.7. The Morgan fingerprint density at radius 2 is 1.78 bits per heavy atom. The number of benzene rings is 2. The summed E-state index contributed by atoms with van der Waals surface area (Å²) in [6.45, 7) is 7.26. The van der Waals surface area contributed by atoms with E-state index in [0.29, 0.717) is 39.1 Å². The Balaban J connectivity index is 1.63. The summed E-state index contributed by atoms with van der Waals surface area (Å²) in [6, 6.07) is 12.5. The number of carboxylic acid groups (broad SMARTS) is 1. The van der Waals surface area contributed by atoms with E-state index in [2.05, 4.69) is 20.3 Å². The number of halogens is 2. The molecule has 0 amide bonds. The molecular formula is C30H26ClFN6O3. The van der Waals surface area contributed by atoms with Crippen LogP contribution in [0.25, 0.3) is 33.5 Å². The minimum absolute atomic E-state index is 0.0552. The van der Waals surface area contributed by atoms with Gasteiger partial charge in [-0.05, 0) is 69.7 Å². The third kappa shape index (κ3) is 5.38. The lowest BCUT2D eigenvalue weighted by Crippen LogP contribution is -2.22. The van der Waals surface area contributed by atoms with Crippen LogP contribution in [0.4, 0.5) is 10.1 Å². The standard InChI is InChI=1S/C30H26ClFN6O3/c1-14-10-20(16(3)34-23-8-9-25(31)36-27(23)30(40)41)26-21(11-14)29(39)38(5)28(37-26)18-6-7-19(22(32)13-18)24-12-15(2)33-17(4)35-24/h6-13,16,34H,1-5H3,(H,40,41)/t16-/m1/s1. The molecule has 0 radical (unpaired) electrons. The number of aromatic nitrogens is 5. The molecule has 11 heteroatoms. The van der Waals surface area contributed by atoms with Crippen molar-refractivity contribution >= 4 is 34.2 Å². The Morgan fingerprint density at radius 3 is 2.46 bits per heavy atom. The predicted molar refractivity (Wildman–Crippen MR) is 156 cm³/mol. The maximum atomic E-state index is 15.4. The molecule has 41 heavy (non-hydrogen) atoms. The third-order valence-electron chi connectivity index (χ3n) is 6.73. The van der Waals surface area contributed by atoms with E-state index >= 15 is 4.39 Å². The zero-order chi connectivity index (χ0) is 29.6. The van der Waals surface area contributed by atoms with Crippen LogP contribution in [0.2, 0.25) is 5.15 Å². The summed E-state index contributed by atoms with van der Waals surface area (Å²) in [5, 5.41) is 13.2. The van der Waals surface area contributed by atoms with Gasteiger partial charge in [0.25, 0.3) is 5.56 Å². The van der Waals surface area contributed by atoms with E-state index in [1.54, 1.807) is 38.2 Å². The van der Waals surface area contributed by atoms with Gasteiger partial charge in [0.15, 0.2) is 5.69 Å². The first kappa shape index (κ1) is 27.9. The quantitative estimate of drug-likeness (QED) is 0.236. The second-order valence-corrected chi connectivity index (χ2v) is 10.3. The molecule has 5 rings (SSSR count). The number of fused-ring (bicyclic) bond motifs is 1. The van der Waals surface area contributed by atoms with Crippen LogP contribution >= 0.6 is 11.6 Å². The molecule has 1 atom stereocenters. The van der Waals surface area contributed by atoms with Gasteiger partial charge in [-0.3, -0.25) is 9.36 Å². The molecule has 208 valence electrons. The van der Waals surface area contributed by atoms with Crippen molar-refractivity contribution in [2.45, 2.75) is 33.7 Å². The molecule has 3 aromatic heterocycles. The first-order valence-corrected chi connectivity index (χ1v) is 13.1. The molecule has 2 N–H and O–H groups in total. The van der Waals surface area contributed by atoms with Crippen molar-refractivity contribution in [2.24, 2.45) is 7.05 Å². The number of anilines is 1. The number of hydrogen-bond acceptors (Lipinski definition) is 7. The smallest absolute Gasteiger partial charge is 0.356 e. The predicted octanol–water partition coefficient (Wildman–Crippen LogP) is 6.04. The maximum absolute atomic E-state index is 15.4. The van der Waals surface area contributed by atoms with E-state index in [1.807, 2.05) is 26.8 Å². The van der Waals surface area contributed by atoms with Crippen LogP contribution in [-0.2, 0) is 7.05 Å². The molecule has 2 aromatic carbocycles. The molecule has 0 fully saturated rings. The van der Waals surface area contributed by atoms with Gasteiger partial charge in [-0.2, -0.15) is 0 Å². The fraction of sp³-hybridized carbons (Fsp3) is 0.200. The van der Waals surface area contributed by atoms with Gasteiger partial charge >= 0.3 is 5.97 Å². The third-order valence-corrected chi connectivity index (χ3v) is 6.94. The Kier molecular flexibility index (Phi) is 7.27. The lowest BCUT2D eigenvalue weighted by atomic mass is 10.00. The zero-order valence-corrected chi connectivity index (χ0v) is 23.7. The number of rotatable bonds is 6. The molecule has 0 aliphatic rings. The van der Waals surface area contributed by atoms with Crippen molar-refractivity contribution in [2.75, 3.05) is 5.32 Å². The van der Waals surface area contributed by atoms with E-state index in [-0.39, 0.29) is 27.9 Å². The van der Waals surface area contributed by atoms with Crippen molar-refractivity contribution in [3.05, 3.63) is 98.2 Å². The maximum Gasteiger partial charge on any atom is 0.356 e. The summed E-state index contributed by atoms with van der Waals surface area (Å²) >= 11 is 5.91. The molecule has 3 heterocycles. The summed E-state index contributed by atoms with van der Waals surface area (Å²) in [4.78, 5) is 42.6. The van der Waals surface area contributed by atoms with E-state index in [1.165, 1.54) is 22.8 Å².